The highest BCUT2D eigenvalue weighted by molar-refractivity contribution is 9.10. The van der Waals surface area contributed by atoms with E-state index in [-0.39, 0.29) is 0 Å². The van der Waals surface area contributed by atoms with Crippen LogP contribution in [0.4, 0.5) is 5.69 Å². The third-order valence-electron chi connectivity index (χ3n) is 2.99. The highest BCUT2D eigenvalue weighted by Crippen LogP contribution is 2.26. The van der Waals surface area contributed by atoms with Crippen LogP contribution in [0.15, 0.2) is 51.5 Å². The second-order valence-electron chi connectivity index (χ2n) is 4.56. The summed E-state index contributed by atoms with van der Waals surface area (Å²) in [5, 5.41) is 4.70. The van der Waals surface area contributed by atoms with Gasteiger partial charge >= 0.3 is 0 Å². The lowest BCUT2D eigenvalue weighted by atomic mass is 10.1. The number of nitrogen functional groups attached to an aromatic ring is 1. The number of benzene rings is 2. The maximum absolute atomic E-state index is 5.86. The minimum Gasteiger partial charge on any atom is -0.398 e. The lowest BCUT2D eigenvalue weighted by Crippen LogP contribution is -1.91. The van der Waals surface area contributed by atoms with Gasteiger partial charge in [-0.05, 0) is 51.8 Å². The molecule has 0 fully saturated rings. The molecule has 0 aliphatic rings. The molecule has 0 aliphatic carbocycles. The van der Waals surface area contributed by atoms with Gasteiger partial charge in [-0.15, -0.1) is 0 Å². The molecular formula is C15H11BrClN3O. The van der Waals surface area contributed by atoms with E-state index in [0.29, 0.717) is 28.8 Å². The van der Waals surface area contributed by atoms with E-state index in [2.05, 4.69) is 26.1 Å². The Bertz CT molecular complexity index is 771. The number of aromatic nitrogens is 2. The van der Waals surface area contributed by atoms with Crippen LogP contribution in [0.3, 0.4) is 0 Å². The Hall–Kier alpha value is -1.85. The van der Waals surface area contributed by atoms with Gasteiger partial charge in [-0.2, -0.15) is 4.98 Å². The van der Waals surface area contributed by atoms with Crippen molar-refractivity contribution >= 4 is 33.2 Å². The first-order valence-electron chi connectivity index (χ1n) is 6.24. The highest BCUT2D eigenvalue weighted by atomic mass is 79.9. The molecule has 2 N–H and O–H groups in total. The Morgan fingerprint density at radius 3 is 2.62 bits per heavy atom. The molecule has 0 aliphatic heterocycles. The number of rotatable bonds is 3. The molecular weight excluding hydrogens is 354 g/mol. The van der Waals surface area contributed by atoms with Gasteiger partial charge in [0.2, 0.25) is 0 Å². The summed E-state index contributed by atoms with van der Waals surface area (Å²) in [5.74, 6) is 1.10. The van der Waals surface area contributed by atoms with Crippen LogP contribution >= 0.6 is 27.5 Å². The molecule has 0 radical (unpaired) electrons. The van der Waals surface area contributed by atoms with Crippen LogP contribution in [-0.4, -0.2) is 10.1 Å². The molecule has 0 atom stereocenters. The van der Waals surface area contributed by atoms with Gasteiger partial charge in [-0.25, -0.2) is 0 Å². The molecule has 106 valence electrons. The van der Waals surface area contributed by atoms with Gasteiger partial charge in [0.15, 0.2) is 5.82 Å². The lowest BCUT2D eigenvalue weighted by molar-refractivity contribution is 0.424. The maximum Gasteiger partial charge on any atom is 0.257 e. The number of hydrogen-bond acceptors (Lipinski definition) is 4. The first-order valence-corrected chi connectivity index (χ1v) is 7.41. The van der Waals surface area contributed by atoms with Crippen molar-refractivity contribution < 1.29 is 4.52 Å². The number of hydrogen-bond donors (Lipinski definition) is 1. The van der Waals surface area contributed by atoms with Crippen LogP contribution in [0.5, 0.6) is 0 Å². The number of anilines is 1. The minimum absolute atomic E-state index is 0.472. The van der Waals surface area contributed by atoms with Crippen molar-refractivity contribution in [1.82, 2.24) is 10.1 Å². The Kier molecular flexibility index (Phi) is 3.94. The fourth-order valence-corrected chi connectivity index (χ4v) is 2.39. The smallest absolute Gasteiger partial charge is 0.257 e. The fourth-order valence-electron chi connectivity index (χ4n) is 1.89. The average Bonchev–Trinajstić information content (AvgIpc) is 2.93. The summed E-state index contributed by atoms with van der Waals surface area (Å²) in [6.07, 6.45) is 0.594. The summed E-state index contributed by atoms with van der Waals surface area (Å²) in [4.78, 5) is 4.40. The standard InChI is InChI=1S/C15H11BrClN3O/c16-12-8-10(3-6-13(12)18)15-19-14(20-21-15)7-9-1-4-11(17)5-2-9/h1-6,8H,7,18H2. The molecule has 2 aromatic carbocycles. The van der Waals surface area contributed by atoms with E-state index in [9.17, 15) is 0 Å². The van der Waals surface area contributed by atoms with Crippen molar-refractivity contribution in [2.45, 2.75) is 6.42 Å². The van der Waals surface area contributed by atoms with Crippen molar-refractivity contribution in [3.05, 3.63) is 63.3 Å². The Labute approximate surface area is 135 Å². The third-order valence-corrected chi connectivity index (χ3v) is 3.93. The largest absolute Gasteiger partial charge is 0.398 e. The Morgan fingerprint density at radius 1 is 1.14 bits per heavy atom. The maximum atomic E-state index is 5.86. The zero-order chi connectivity index (χ0) is 14.8. The Balaban J connectivity index is 1.82. The summed E-state index contributed by atoms with van der Waals surface area (Å²) in [6, 6.07) is 13.1. The number of halogens is 2. The van der Waals surface area contributed by atoms with E-state index in [1.165, 1.54) is 0 Å². The normalized spacial score (nSPS) is 10.8. The fraction of sp³-hybridized carbons (Fsp3) is 0.0667. The molecule has 1 aromatic heterocycles. The molecule has 1 heterocycles. The molecule has 4 nitrogen and oxygen atoms in total. The van der Waals surface area contributed by atoms with E-state index in [4.69, 9.17) is 21.9 Å². The van der Waals surface area contributed by atoms with Crippen LogP contribution in [0.25, 0.3) is 11.5 Å². The van der Waals surface area contributed by atoms with Crippen molar-refractivity contribution in [3.63, 3.8) is 0 Å². The van der Waals surface area contributed by atoms with E-state index < -0.39 is 0 Å². The van der Waals surface area contributed by atoms with Gasteiger partial charge < -0.3 is 10.3 Å². The van der Waals surface area contributed by atoms with Gasteiger partial charge in [0.05, 0.1) is 0 Å². The van der Waals surface area contributed by atoms with Crippen molar-refractivity contribution in [2.24, 2.45) is 0 Å². The Morgan fingerprint density at radius 2 is 1.90 bits per heavy atom. The first-order chi connectivity index (χ1) is 10.1. The predicted molar refractivity (Wildman–Crippen MR) is 86.1 cm³/mol. The lowest BCUT2D eigenvalue weighted by Gasteiger charge is -1.99. The van der Waals surface area contributed by atoms with Crippen molar-refractivity contribution in [2.75, 3.05) is 5.73 Å². The topological polar surface area (TPSA) is 64.9 Å². The van der Waals surface area contributed by atoms with Crippen LogP contribution in [0, 0.1) is 0 Å². The second kappa shape index (κ2) is 5.87. The van der Waals surface area contributed by atoms with Crippen molar-refractivity contribution in [1.29, 1.82) is 0 Å². The number of nitrogens with two attached hydrogens (primary N) is 1. The van der Waals surface area contributed by atoms with Crippen LogP contribution < -0.4 is 5.73 Å². The molecule has 0 unspecified atom stereocenters. The molecule has 0 saturated heterocycles. The molecule has 0 spiro atoms. The molecule has 21 heavy (non-hydrogen) atoms. The van der Waals surface area contributed by atoms with Gasteiger partial charge in [-0.1, -0.05) is 28.9 Å². The molecule has 3 aromatic rings. The molecule has 0 bridgehead atoms. The van der Waals surface area contributed by atoms with Crippen molar-refractivity contribution in [3.8, 4) is 11.5 Å². The SMILES string of the molecule is Nc1ccc(-c2nc(Cc3ccc(Cl)cc3)no2)cc1Br. The van der Waals surface area contributed by atoms with E-state index in [1.807, 2.05) is 36.4 Å². The number of nitrogens with zero attached hydrogens (tertiary/aromatic N) is 2. The van der Waals surface area contributed by atoms with Gasteiger partial charge in [0.1, 0.15) is 0 Å². The zero-order valence-corrected chi connectivity index (χ0v) is 13.2. The minimum atomic E-state index is 0.472. The van der Waals surface area contributed by atoms with Gasteiger partial charge in [0, 0.05) is 27.2 Å². The molecule has 0 amide bonds. The van der Waals surface area contributed by atoms with Crippen LogP contribution in [0.2, 0.25) is 5.02 Å². The summed E-state index contributed by atoms with van der Waals surface area (Å²) in [5.41, 5.74) is 8.33. The zero-order valence-electron chi connectivity index (χ0n) is 10.9. The third kappa shape index (κ3) is 3.25. The van der Waals surface area contributed by atoms with Crippen LogP contribution in [-0.2, 0) is 6.42 Å². The summed E-state index contributed by atoms with van der Waals surface area (Å²) >= 11 is 9.25. The van der Waals surface area contributed by atoms with Gasteiger partial charge in [-0.3, -0.25) is 0 Å². The van der Waals surface area contributed by atoms with E-state index in [0.717, 1.165) is 15.6 Å². The van der Waals surface area contributed by atoms with E-state index >= 15 is 0 Å². The summed E-state index contributed by atoms with van der Waals surface area (Å²) < 4.78 is 6.10. The summed E-state index contributed by atoms with van der Waals surface area (Å²) in [6.45, 7) is 0. The quantitative estimate of drug-likeness (QED) is 0.703. The van der Waals surface area contributed by atoms with E-state index in [1.54, 1.807) is 6.07 Å². The first kappa shape index (κ1) is 14.1. The summed E-state index contributed by atoms with van der Waals surface area (Å²) in [7, 11) is 0. The van der Waals surface area contributed by atoms with Gasteiger partial charge in [0.25, 0.3) is 5.89 Å². The molecule has 3 rings (SSSR count). The highest BCUT2D eigenvalue weighted by Gasteiger charge is 2.10. The molecule has 6 heteroatoms. The molecule has 0 saturated carbocycles. The second-order valence-corrected chi connectivity index (χ2v) is 5.85. The monoisotopic (exact) mass is 363 g/mol. The average molecular weight is 365 g/mol. The van der Waals surface area contributed by atoms with Crippen LogP contribution in [0.1, 0.15) is 11.4 Å². The predicted octanol–water partition coefficient (Wildman–Crippen LogP) is 4.33.